The molecular formula is C21H21N3O2S. The lowest BCUT2D eigenvalue weighted by atomic mass is 10.1. The van der Waals surface area contributed by atoms with Crippen molar-refractivity contribution in [1.29, 1.82) is 0 Å². The highest BCUT2D eigenvalue weighted by molar-refractivity contribution is 7.22. The van der Waals surface area contributed by atoms with Crippen molar-refractivity contribution in [2.24, 2.45) is 0 Å². The van der Waals surface area contributed by atoms with Crippen LogP contribution in [0.15, 0.2) is 66.8 Å². The van der Waals surface area contributed by atoms with E-state index in [2.05, 4.69) is 18.1 Å². The molecule has 0 aliphatic carbocycles. The van der Waals surface area contributed by atoms with Crippen LogP contribution in [0, 0.1) is 6.92 Å². The summed E-state index contributed by atoms with van der Waals surface area (Å²) in [6.07, 6.45) is 4.76. The number of fused-ring (bicyclic) bond motifs is 1. The lowest BCUT2D eigenvalue weighted by molar-refractivity contribution is -0.130. The van der Waals surface area contributed by atoms with Gasteiger partial charge in [-0.25, -0.2) is 4.98 Å². The van der Waals surface area contributed by atoms with E-state index < -0.39 is 0 Å². The van der Waals surface area contributed by atoms with E-state index in [-0.39, 0.29) is 18.0 Å². The van der Waals surface area contributed by atoms with Gasteiger partial charge >= 0.3 is 0 Å². The van der Waals surface area contributed by atoms with Crippen LogP contribution in [0.1, 0.15) is 5.56 Å². The van der Waals surface area contributed by atoms with Crippen molar-refractivity contribution < 1.29 is 4.79 Å². The van der Waals surface area contributed by atoms with E-state index in [1.807, 2.05) is 37.3 Å². The summed E-state index contributed by atoms with van der Waals surface area (Å²) < 4.78 is 1.37. The fraction of sp³-hybridized carbons (Fsp3) is 0.190. The molecule has 27 heavy (non-hydrogen) atoms. The van der Waals surface area contributed by atoms with Crippen LogP contribution in [0.5, 0.6) is 0 Å². The van der Waals surface area contributed by atoms with Crippen molar-refractivity contribution in [3.8, 4) is 10.4 Å². The summed E-state index contributed by atoms with van der Waals surface area (Å²) in [5.41, 5.74) is 1.76. The summed E-state index contributed by atoms with van der Waals surface area (Å²) in [4.78, 5) is 33.3. The fourth-order valence-corrected chi connectivity index (χ4v) is 4.12. The molecule has 0 spiro atoms. The van der Waals surface area contributed by atoms with Gasteiger partial charge in [-0.15, -0.1) is 24.5 Å². The van der Waals surface area contributed by atoms with Gasteiger partial charge in [0.2, 0.25) is 5.91 Å². The minimum atomic E-state index is -0.193. The van der Waals surface area contributed by atoms with E-state index in [1.165, 1.54) is 22.2 Å². The van der Waals surface area contributed by atoms with E-state index in [9.17, 15) is 9.59 Å². The zero-order valence-corrected chi connectivity index (χ0v) is 16.0. The minimum absolute atomic E-state index is 0.0561. The minimum Gasteiger partial charge on any atom is -0.334 e. The number of carbonyl (C=O) groups excluding carboxylic acids is 1. The smallest absolute Gasteiger partial charge is 0.262 e. The van der Waals surface area contributed by atoms with Crippen LogP contribution in [0.4, 0.5) is 0 Å². The number of nitrogens with zero attached hydrogens (tertiary/aromatic N) is 3. The molecular weight excluding hydrogens is 358 g/mol. The van der Waals surface area contributed by atoms with Crippen molar-refractivity contribution in [2.75, 3.05) is 13.1 Å². The standard InChI is InChI=1S/C21H21N3O2S/c1-4-11-23(12-5-2)17(25)13-24-14-22-20-18(21(24)26)15(3)19(27-20)16-9-7-6-8-10-16/h4-10,14H,1-2,11-13H2,3H3. The first-order chi connectivity index (χ1) is 13.1. The highest BCUT2D eigenvalue weighted by atomic mass is 32.1. The zero-order valence-electron chi connectivity index (χ0n) is 15.2. The fourth-order valence-electron chi connectivity index (χ4n) is 2.97. The summed E-state index contributed by atoms with van der Waals surface area (Å²) >= 11 is 1.49. The van der Waals surface area contributed by atoms with Gasteiger partial charge in [-0.3, -0.25) is 14.2 Å². The maximum Gasteiger partial charge on any atom is 0.262 e. The van der Waals surface area contributed by atoms with Crippen LogP contribution in [0.25, 0.3) is 20.7 Å². The number of hydrogen-bond acceptors (Lipinski definition) is 4. The topological polar surface area (TPSA) is 55.2 Å². The van der Waals surface area contributed by atoms with Gasteiger partial charge in [-0.2, -0.15) is 0 Å². The SMILES string of the molecule is C=CCN(CC=C)C(=O)Cn1cnc2sc(-c3ccccc3)c(C)c2c1=O. The Morgan fingerprint density at radius 1 is 1.22 bits per heavy atom. The van der Waals surface area contributed by atoms with E-state index in [4.69, 9.17) is 0 Å². The number of carbonyl (C=O) groups is 1. The van der Waals surface area contributed by atoms with Crippen LogP contribution >= 0.6 is 11.3 Å². The van der Waals surface area contributed by atoms with E-state index in [0.717, 1.165) is 16.0 Å². The summed E-state index contributed by atoms with van der Waals surface area (Å²) in [5, 5.41) is 0.577. The van der Waals surface area contributed by atoms with Crippen molar-refractivity contribution in [1.82, 2.24) is 14.5 Å². The van der Waals surface area contributed by atoms with E-state index >= 15 is 0 Å². The van der Waals surface area contributed by atoms with Crippen molar-refractivity contribution >= 4 is 27.5 Å². The molecule has 0 bridgehead atoms. The Kier molecular flexibility index (Phi) is 5.66. The third-order valence-corrected chi connectivity index (χ3v) is 5.56. The zero-order chi connectivity index (χ0) is 19.4. The molecule has 3 rings (SSSR count). The molecule has 0 saturated heterocycles. The maximum atomic E-state index is 13.0. The first-order valence-electron chi connectivity index (χ1n) is 8.60. The number of aryl methyl sites for hydroxylation is 1. The molecule has 0 N–H and O–H groups in total. The second-order valence-electron chi connectivity index (χ2n) is 6.16. The molecule has 1 aromatic carbocycles. The molecule has 0 fully saturated rings. The average Bonchev–Trinajstić information content (AvgIpc) is 3.02. The van der Waals surface area contributed by atoms with Gasteiger partial charge in [0.1, 0.15) is 11.4 Å². The van der Waals surface area contributed by atoms with E-state index in [1.54, 1.807) is 17.1 Å². The molecule has 0 aliphatic rings. The Morgan fingerprint density at radius 3 is 2.52 bits per heavy atom. The Balaban J connectivity index is 1.99. The summed E-state index contributed by atoms with van der Waals surface area (Å²) in [5.74, 6) is -0.172. The Bertz CT molecular complexity index is 1040. The van der Waals surface area contributed by atoms with Gasteiger partial charge in [0, 0.05) is 18.0 Å². The second-order valence-corrected chi connectivity index (χ2v) is 7.16. The van der Waals surface area contributed by atoms with Crippen LogP contribution in [0.2, 0.25) is 0 Å². The lowest BCUT2D eigenvalue weighted by Crippen LogP contribution is -2.36. The van der Waals surface area contributed by atoms with Crippen LogP contribution in [-0.2, 0) is 11.3 Å². The first-order valence-corrected chi connectivity index (χ1v) is 9.42. The maximum absolute atomic E-state index is 13.0. The third-order valence-electron chi connectivity index (χ3n) is 4.31. The number of rotatable bonds is 7. The molecule has 0 unspecified atom stereocenters. The van der Waals surface area contributed by atoms with Gasteiger partial charge in [-0.1, -0.05) is 42.5 Å². The molecule has 0 radical (unpaired) electrons. The molecule has 2 heterocycles. The highest BCUT2D eigenvalue weighted by Crippen LogP contribution is 2.35. The van der Waals surface area contributed by atoms with Crippen molar-refractivity contribution in [3.05, 3.63) is 77.9 Å². The molecule has 1 amide bonds. The summed E-state index contributed by atoms with van der Waals surface area (Å²) in [7, 11) is 0. The number of aromatic nitrogens is 2. The van der Waals surface area contributed by atoms with E-state index in [0.29, 0.717) is 23.3 Å². The predicted molar refractivity (Wildman–Crippen MR) is 111 cm³/mol. The second kappa shape index (κ2) is 8.14. The molecule has 0 aliphatic heterocycles. The summed E-state index contributed by atoms with van der Waals surface area (Å²) in [6.45, 7) is 10.0. The normalized spacial score (nSPS) is 10.7. The molecule has 0 atom stereocenters. The number of amides is 1. The molecule has 138 valence electrons. The van der Waals surface area contributed by atoms with Crippen molar-refractivity contribution in [3.63, 3.8) is 0 Å². The molecule has 3 aromatic rings. The summed E-state index contributed by atoms with van der Waals surface area (Å²) in [6, 6.07) is 9.93. The van der Waals surface area contributed by atoms with Gasteiger partial charge < -0.3 is 4.90 Å². The number of hydrogen-bond donors (Lipinski definition) is 0. The lowest BCUT2D eigenvalue weighted by Gasteiger charge is -2.19. The molecule has 0 saturated carbocycles. The molecule has 2 aromatic heterocycles. The molecule has 6 heteroatoms. The molecule has 5 nitrogen and oxygen atoms in total. The first kappa shape index (κ1) is 18.8. The predicted octanol–water partition coefficient (Wildman–Crippen LogP) is 3.63. The highest BCUT2D eigenvalue weighted by Gasteiger charge is 2.18. The largest absolute Gasteiger partial charge is 0.334 e. The van der Waals surface area contributed by atoms with Crippen molar-refractivity contribution in [2.45, 2.75) is 13.5 Å². The third kappa shape index (κ3) is 3.75. The van der Waals surface area contributed by atoms with Crippen LogP contribution in [0.3, 0.4) is 0 Å². The van der Waals surface area contributed by atoms with Crippen LogP contribution in [-0.4, -0.2) is 33.4 Å². The Hall–Kier alpha value is -2.99. The average molecular weight is 379 g/mol. The monoisotopic (exact) mass is 379 g/mol. The Labute approximate surface area is 161 Å². The van der Waals surface area contributed by atoms with Gasteiger partial charge in [0.25, 0.3) is 5.56 Å². The Morgan fingerprint density at radius 2 is 1.89 bits per heavy atom. The van der Waals surface area contributed by atoms with Gasteiger partial charge in [-0.05, 0) is 18.1 Å². The van der Waals surface area contributed by atoms with Crippen LogP contribution < -0.4 is 5.56 Å². The van der Waals surface area contributed by atoms with Gasteiger partial charge in [0.05, 0.1) is 11.7 Å². The number of benzene rings is 1. The van der Waals surface area contributed by atoms with Gasteiger partial charge in [0.15, 0.2) is 0 Å². The quantitative estimate of drug-likeness (QED) is 0.589. The number of thiophene rings is 1.